The van der Waals surface area contributed by atoms with Crippen LogP contribution in [-0.2, 0) is 31.2 Å². The maximum atomic E-state index is 8.52. The van der Waals surface area contributed by atoms with Gasteiger partial charge in [0.1, 0.15) is 0 Å². The van der Waals surface area contributed by atoms with E-state index in [1.807, 2.05) is 0 Å². The second kappa shape index (κ2) is 14.1. The number of hydrogen-bond acceptors (Lipinski definition) is 12. The summed E-state index contributed by atoms with van der Waals surface area (Å²) < 4.78 is 102. The van der Waals surface area contributed by atoms with Gasteiger partial charge in [-0.3, -0.25) is 25.3 Å². The average Bonchev–Trinajstić information content (AvgIpc) is 1.41. The van der Waals surface area contributed by atoms with Crippen LogP contribution < -0.4 is 0 Å². The largest absolute Gasteiger partial charge is 0.759 e. The van der Waals surface area contributed by atoms with Gasteiger partial charge in [0.25, 0.3) is 0 Å². The molecule has 0 rings (SSSR count). The van der Waals surface area contributed by atoms with E-state index >= 15 is 0 Å². The van der Waals surface area contributed by atoms with Crippen LogP contribution in [0.3, 0.4) is 0 Å². The molecule has 2 N–H and O–H groups in total. The zero-order valence-corrected chi connectivity index (χ0v) is 12.5. The molecule has 13 nitrogen and oxygen atoms in total. The van der Waals surface area contributed by atoms with Gasteiger partial charge in [0.05, 0.1) is 0 Å². The minimum absolute atomic E-state index is 0. The standard InChI is InChI=1S/2Al.3H2O4S.H2O/c;;3*1-5(2,3)4;/h;;3*(H2,1,2,3,4);1H2/p-6. The van der Waals surface area contributed by atoms with E-state index in [9.17, 15) is 0 Å². The Morgan fingerprint density at radius 3 is 0.444 bits per heavy atom. The van der Waals surface area contributed by atoms with Crippen molar-refractivity contribution in [1.82, 2.24) is 0 Å². The number of hydrogen-bond donors (Lipinski definition) is 0. The van der Waals surface area contributed by atoms with Crippen LogP contribution in [0, 0.1) is 0 Å². The normalized spacial score (nSPS) is 9.67. The Morgan fingerprint density at radius 2 is 0.444 bits per heavy atom. The summed E-state index contributed by atoms with van der Waals surface area (Å²) in [5.74, 6) is 0. The SMILES string of the molecule is O.O=S(=O)([O-])[O-].O=S(=O)([O-])[O-].O=S(=O)([O-])[O-].[Al].[Al]. The summed E-state index contributed by atoms with van der Waals surface area (Å²) in [5, 5.41) is 0. The first-order chi connectivity index (χ1) is 6.00. The molecule has 0 aromatic carbocycles. The molecule has 0 saturated heterocycles. The van der Waals surface area contributed by atoms with Gasteiger partial charge in [-0.15, -0.1) is 0 Å². The molecule has 18 heavy (non-hydrogen) atoms. The summed E-state index contributed by atoms with van der Waals surface area (Å²) in [5.41, 5.74) is 0. The van der Waals surface area contributed by atoms with Crippen molar-refractivity contribution in [2.75, 3.05) is 0 Å². The van der Waals surface area contributed by atoms with Crippen molar-refractivity contribution in [1.29, 1.82) is 0 Å². The van der Waals surface area contributed by atoms with Crippen LogP contribution in [-0.4, -0.2) is 92.8 Å². The van der Waals surface area contributed by atoms with E-state index in [2.05, 4.69) is 0 Å². The molecule has 0 spiro atoms. The fraction of sp³-hybridized carbons (Fsp3) is 0. The van der Waals surface area contributed by atoms with Gasteiger partial charge >= 0.3 is 0 Å². The molecular formula is H2Al2O13S3-6. The van der Waals surface area contributed by atoms with Crippen LogP contribution in [0.5, 0.6) is 0 Å². The fourth-order valence-corrected chi connectivity index (χ4v) is 0. The first-order valence-electron chi connectivity index (χ1n) is 2.00. The molecule has 110 valence electrons. The van der Waals surface area contributed by atoms with Gasteiger partial charge in [-0.1, -0.05) is 0 Å². The Bertz CT molecular complexity index is 341. The molecule has 0 aliphatic carbocycles. The van der Waals surface area contributed by atoms with E-state index in [0.717, 1.165) is 0 Å². The summed E-state index contributed by atoms with van der Waals surface area (Å²) >= 11 is 0. The quantitative estimate of drug-likeness (QED) is 0.222. The summed E-state index contributed by atoms with van der Waals surface area (Å²) in [7, 11) is -15.5. The number of rotatable bonds is 0. The van der Waals surface area contributed by atoms with Crippen LogP contribution >= 0.6 is 0 Å². The highest BCUT2D eigenvalue weighted by Gasteiger charge is 1.50. The Balaban J connectivity index is -0.0000000277. The molecule has 0 saturated carbocycles. The van der Waals surface area contributed by atoms with Crippen molar-refractivity contribution in [3.8, 4) is 0 Å². The van der Waals surface area contributed by atoms with E-state index in [-0.39, 0.29) is 40.2 Å². The topological polar surface area (TPSA) is 272 Å². The highest BCUT2D eigenvalue weighted by molar-refractivity contribution is 7.80. The second-order valence-corrected chi connectivity index (χ2v) is 3.67. The van der Waals surface area contributed by atoms with Crippen molar-refractivity contribution in [3.63, 3.8) is 0 Å². The predicted octanol–water partition coefficient (Wildman–Crippen LogP) is -5.60. The maximum Gasteiger partial charge on any atom is 0.0311 e. The van der Waals surface area contributed by atoms with Crippen molar-refractivity contribution in [2.24, 2.45) is 0 Å². The first kappa shape index (κ1) is 36.3. The zero-order chi connectivity index (χ0) is 13.5. The molecule has 0 amide bonds. The smallest absolute Gasteiger partial charge is 0.0311 e. The van der Waals surface area contributed by atoms with Gasteiger partial charge in [0.15, 0.2) is 0 Å². The molecule has 6 radical (unpaired) electrons. The maximum absolute atomic E-state index is 8.52. The lowest BCUT2D eigenvalue weighted by molar-refractivity contribution is 0.350. The third-order valence-corrected chi connectivity index (χ3v) is 0. The van der Waals surface area contributed by atoms with Crippen LogP contribution in [0.2, 0.25) is 0 Å². The Hall–Kier alpha value is 0.635. The molecule has 0 atom stereocenters. The summed E-state index contributed by atoms with van der Waals surface area (Å²) in [6.07, 6.45) is 0. The van der Waals surface area contributed by atoms with E-state index in [1.165, 1.54) is 0 Å². The molecule has 0 bridgehead atoms. The first-order valence-corrected chi connectivity index (χ1v) is 6.00. The Morgan fingerprint density at radius 1 is 0.444 bits per heavy atom. The molecular weight excluding hydrogens is 358 g/mol. The minimum Gasteiger partial charge on any atom is -0.759 e. The van der Waals surface area contributed by atoms with Gasteiger partial charge < -0.3 is 32.8 Å². The Labute approximate surface area is 124 Å². The van der Waals surface area contributed by atoms with E-state index in [4.69, 9.17) is 52.6 Å². The molecule has 0 aromatic rings. The third kappa shape index (κ3) is 10100. The molecule has 0 heterocycles. The van der Waals surface area contributed by atoms with Crippen molar-refractivity contribution >= 4 is 65.9 Å². The highest BCUT2D eigenvalue weighted by atomic mass is 32.3. The third-order valence-electron chi connectivity index (χ3n) is 0. The van der Waals surface area contributed by atoms with Crippen molar-refractivity contribution in [3.05, 3.63) is 0 Å². The summed E-state index contributed by atoms with van der Waals surface area (Å²) in [6, 6.07) is 0. The lowest BCUT2D eigenvalue weighted by atomic mass is 15.8. The predicted molar refractivity (Wildman–Crippen MR) is 46.5 cm³/mol. The fourth-order valence-electron chi connectivity index (χ4n) is 0. The Kier molecular flexibility index (Phi) is 28.3. The highest BCUT2D eigenvalue weighted by Crippen LogP contribution is 1.58. The monoisotopic (exact) mass is 360 g/mol. The lowest BCUT2D eigenvalue weighted by Crippen LogP contribution is -1.91. The van der Waals surface area contributed by atoms with Crippen LogP contribution in [0.25, 0.3) is 0 Å². The zero-order valence-electron chi connectivity index (χ0n) is 7.78. The molecule has 0 aliphatic rings. The second-order valence-electron chi connectivity index (χ2n) is 1.22. The van der Waals surface area contributed by atoms with Gasteiger partial charge in [0.2, 0.25) is 0 Å². The summed E-state index contributed by atoms with van der Waals surface area (Å²) in [4.78, 5) is 0. The van der Waals surface area contributed by atoms with Crippen molar-refractivity contribution < 1.29 is 58.0 Å². The van der Waals surface area contributed by atoms with Crippen LogP contribution in [0.1, 0.15) is 0 Å². The molecule has 0 fully saturated rings. The molecule has 0 aromatic heterocycles. The molecule has 0 unspecified atom stereocenters. The van der Waals surface area contributed by atoms with Gasteiger partial charge in [-0.25, -0.2) is 0 Å². The van der Waals surface area contributed by atoms with Gasteiger partial charge in [-0.05, 0) is 0 Å². The molecule has 18 heteroatoms. The van der Waals surface area contributed by atoms with Crippen LogP contribution in [0.4, 0.5) is 0 Å². The summed E-state index contributed by atoms with van der Waals surface area (Å²) in [6.45, 7) is 0. The minimum atomic E-state index is -5.17. The lowest BCUT2D eigenvalue weighted by Gasteiger charge is -2.06. The van der Waals surface area contributed by atoms with E-state index in [0.29, 0.717) is 0 Å². The van der Waals surface area contributed by atoms with Crippen LogP contribution in [0.15, 0.2) is 0 Å². The average molecular weight is 360 g/mol. The van der Waals surface area contributed by atoms with E-state index < -0.39 is 31.2 Å². The van der Waals surface area contributed by atoms with Crippen molar-refractivity contribution in [2.45, 2.75) is 0 Å². The van der Waals surface area contributed by atoms with E-state index in [1.54, 1.807) is 0 Å². The molecule has 0 aliphatic heterocycles. The van der Waals surface area contributed by atoms with Gasteiger partial charge in [-0.2, -0.15) is 0 Å². The van der Waals surface area contributed by atoms with Gasteiger partial charge in [0, 0.05) is 65.9 Å².